The zero-order chi connectivity index (χ0) is 16.3. The van der Waals surface area contributed by atoms with Crippen LogP contribution in [-0.4, -0.2) is 20.1 Å². The van der Waals surface area contributed by atoms with Gasteiger partial charge in [-0.05, 0) is 23.3 Å². The van der Waals surface area contributed by atoms with E-state index >= 15 is 0 Å². The fourth-order valence-electron chi connectivity index (χ4n) is 2.44. The Morgan fingerprint density at radius 3 is 2.27 bits per heavy atom. The van der Waals surface area contributed by atoms with Gasteiger partial charge in [0.2, 0.25) is 0 Å². The van der Waals surface area contributed by atoms with Crippen molar-refractivity contribution >= 4 is 0 Å². The largest absolute Gasteiger partial charge is 0.390 e. The van der Waals surface area contributed by atoms with Crippen LogP contribution < -0.4 is 0 Å². The van der Waals surface area contributed by atoms with E-state index in [1.165, 1.54) is 5.56 Å². The molecule has 0 amide bonds. The smallest absolute Gasteiger partial charge is 0.116 e. The number of aryl methyl sites for hydroxylation is 1. The summed E-state index contributed by atoms with van der Waals surface area (Å²) in [6.07, 6.45) is 1.04. The highest BCUT2D eigenvalue weighted by molar-refractivity contribution is 5.62. The second-order valence-electron chi connectivity index (χ2n) is 7.28. The molecule has 0 fully saturated rings. The Morgan fingerprint density at radius 2 is 1.77 bits per heavy atom. The molecule has 0 bridgehead atoms. The Morgan fingerprint density at radius 1 is 1.14 bits per heavy atom. The van der Waals surface area contributed by atoms with Gasteiger partial charge in [0, 0.05) is 12.1 Å². The number of benzene rings is 1. The number of aliphatic hydroxyl groups excluding tert-OH is 1. The summed E-state index contributed by atoms with van der Waals surface area (Å²) >= 11 is 0. The quantitative estimate of drug-likeness (QED) is 0.914. The van der Waals surface area contributed by atoms with Gasteiger partial charge in [-0.3, -0.25) is 0 Å². The molecule has 0 saturated carbocycles. The van der Waals surface area contributed by atoms with Crippen molar-refractivity contribution in [2.24, 2.45) is 5.92 Å². The molecule has 2 rings (SSSR count). The van der Waals surface area contributed by atoms with Crippen molar-refractivity contribution in [2.75, 3.05) is 0 Å². The summed E-state index contributed by atoms with van der Waals surface area (Å²) in [6.45, 7) is 11.7. The van der Waals surface area contributed by atoms with Crippen LogP contribution in [0.1, 0.15) is 52.3 Å². The molecule has 0 aliphatic heterocycles. The predicted molar refractivity (Wildman–Crippen MR) is 89.5 cm³/mol. The van der Waals surface area contributed by atoms with Crippen molar-refractivity contribution in [1.29, 1.82) is 0 Å². The maximum Gasteiger partial charge on any atom is 0.116 e. The average Bonchev–Trinajstić information content (AvgIpc) is 2.87. The van der Waals surface area contributed by atoms with E-state index < -0.39 is 0 Å². The van der Waals surface area contributed by atoms with Gasteiger partial charge in [-0.15, -0.1) is 5.10 Å². The predicted octanol–water partition coefficient (Wildman–Crippen LogP) is 3.78. The Labute approximate surface area is 133 Å². The first kappa shape index (κ1) is 16.7. The van der Waals surface area contributed by atoms with Gasteiger partial charge >= 0.3 is 0 Å². The molecule has 4 heteroatoms. The van der Waals surface area contributed by atoms with Gasteiger partial charge in [0.25, 0.3) is 0 Å². The summed E-state index contributed by atoms with van der Waals surface area (Å²) in [5.41, 5.74) is 4.07. The molecule has 0 unspecified atom stereocenters. The van der Waals surface area contributed by atoms with Gasteiger partial charge in [-0.2, -0.15) is 0 Å². The van der Waals surface area contributed by atoms with E-state index in [0.29, 0.717) is 11.6 Å². The molecule has 120 valence electrons. The Balaban J connectivity index is 2.36. The van der Waals surface area contributed by atoms with Gasteiger partial charge in [-0.25, -0.2) is 4.68 Å². The second-order valence-corrected chi connectivity index (χ2v) is 7.28. The summed E-state index contributed by atoms with van der Waals surface area (Å²) in [4.78, 5) is 0. The van der Waals surface area contributed by atoms with E-state index in [1.54, 1.807) is 0 Å². The highest BCUT2D eigenvalue weighted by Gasteiger charge is 2.17. The molecular weight excluding hydrogens is 274 g/mol. The number of hydrogen-bond acceptors (Lipinski definition) is 3. The maximum absolute atomic E-state index is 9.54. The molecule has 1 aromatic carbocycles. The lowest BCUT2D eigenvalue weighted by molar-refractivity contribution is 0.277. The van der Waals surface area contributed by atoms with Crippen molar-refractivity contribution < 1.29 is 5.11 Å². The molecule has 1 N–H and O–H groups in total. The Kier molecular flexibility index (Phi) is 5.01. The van der Waals surface area contributed by atoms with Gasteiger partial charge < -0.3 is 5.11 Å². The van der Waals surface area contributed by atoms with E-state index in [0.717, 1.165) is 24.2 Å². The van der Waals surface area contributed by atoms with Crippen molar-refractivity contribution in [3.05, 3.63) is 35.5 Å². The van der Waals surface area contributed by atoms with E-state index in [2.05, 4.69) is 69.2 Å². The van der Waals surface area contributed by atoms with Crippen LogP contribution >= 0.6 is 0 Å². The molecule has 0 atom stereocenters. The van der Waals surface area contributed by atoms with Crippen LogP contribution in [0.5, 0.6) is 0 Å². The first-order valence-corrected chi connectivity index (χ1v) is 7.97. The van der Waals surface area contributed by atoms with Gasteiger partial charge in [-0.1, -0.05) is 64.1 Å². The van der Waals surface area contributed by atoms with E-state index in [4.69, 9.17) is 0 Å². The molecule has 4 nitrogen and oxygen atoms in total. The lowest BCUT2D eigenvalue weighted by Gasteiger charge is -2.19. The molecule has 0 radical (unpaired) electrons. The normalized spacial score (nSPS) is 12.1. The van der Waals surface area contributed by atoms with Gasteiger partial charge in [0.1, 0.15) is 5.69 Å². The lowest BCUT2D eigenvalue weighted by atomic mass is 9.86. The Bertz CT molecular complexity index is 606. The standard InChI is InChI=1S/C18H27N3O/c1-13(2)10-11-21-17(16(12-22)19-20-21)14-6-8-15(9-7-14)18(3,4)5/h6-9,13,22H,10-12H2,1-5H3. The number of aromatic nitrogens is 3. The highest BCUT2D eigenvalue weighted by Crippen LogP contribution is 2.27. The van der Waals surface area contributed by atoms with Gasteiger partial charge in [0.05, 0.1) is 12.3 Å². The van der Waals surface area contributed by atoms with Crippen LogP contribution in [0.25, 0.3) is 11.3 Å². The summed E-state index contributed by atoms with van der Waals surface area (Å²) in [5, 5.41) is 17.9. The second kappa shape index (κ2) is 6.61. The monoisotopic (exact) mass is 301 g/mol. The Hall–Kier alpha value is -1.68. The van der Waals surface area contributed by atoms with Crippen LogP contribution in [-0.2, 0) is 18.6 Å². The topological polar surface area (TPSA) is 50.9 Å². The van der Waals surface area contributed by atoms with Crippen molar-refractivity contribution in [2.45, 2.75) is 59.6 Å². The fraction of sp³-hybridized carbons (Fsp3) is 0.556. The van der Waals surface area contributed by atoms with Crippen LogP contribution in [0.4, 0.5) is 0 Å². The first-order chi connectivity index (χ1) is 10.3. The van der Waals surface area contributed by atoms with E-state index in [1.807, 2.05) is 4.68 Å². The molecule has 22 heavy (non-hydrogen) atoms. The van der Waals surface area contributed by atoms with Crippen LogP contribution in [0.2, 0.25) is 0 Å². The SMILES string of the molecule is CC(C)CCn1nnc(CO)c1-c1ccc(C(C)(C)C)cc1. The third kappa shape index (κ3) is 3.74. The number of rotatable bonds is 5. The summed E-state index contributed by atoms with van der Waals surface area (Å²) in [6, 6.07) is 8.50. The molecule has 0 aliphatic rings. The lowest BCUT2D eigenvalue weighted by Crippen LogP contribution is -2.11. The summed E-state index contributed by atoms with van der Waals surface area (Å²) in [5.74, 6) is 0.609. The summed E-state index contributed by atoms with van der Waals surface area (Å²) in [7, 11) is 0. The van der Waals surface area contributed by atoms with E-state index in [-0.39, 0.29) is 12.0 Å². The molecule has 2 aromatic rings. The molecule has 1 heterocycles. The maximum atomic E-state index is 9.54. The highest BCUT2D eigenvalue weighted by atomic mass is 16.3. The third-order valence-corrected chi connectivity index (χ3v) is 3.90. The van der Waals surface area contributed by atoms with Crippen molar-refractivity contribution in [3.63, 3.8) is 0 Å². The first-order valence-electron chi connectivity index (χ1n) is 7.97. The van der Waals surface area contributed by atoms with Gasteiger partial charge in [0.15, 0.2) is 0 Å². The number of hydrogen-bond donors (Lipinski definition) is 1. The zero-order valence-corrected chi connectivity index (χ0v) is 14.3. The minimum absolute atomic E-state index is 0.0853. The summed E-state index contributed by atoms with van der Waals surface area (Å²) < 4.78 is 1.91. The van der Waals surface area contributed by atoms with Crippen molar-refractivity contribution in [1.82, 2.24) is 15.0 Å². The molecular formula is C18H27N3O. The average molecular weight is 301 g/mol. The van der Waals surface area contributed by atoms with Crippen LogP contribution in [0.15, 0.2) is 24.3 Å². The number of nitrogens with zero attached hydrogens (tertiary/aromatic N) is 3. The van der Waals surface area contributed by atoms with Crippen molar-refractivity contribution in [3.8, 4) is 11.3 Å². The minimum atomic E-state index is -0.0853. The molecule has 0 aliphatic carbocycles. The molecule has 1 aromatic heterocycles. The molecule has 0 spiro atoms. The van der Waals surface area contributed by atoms with Crippen LogP contribution in [0, 0.1) is 5.92 Å². The van der Waals surface area contributed by atoms with Crippen LogP contribution in [0.3, 0.4) is 0 Å². The van der Waals surface area contributed by atoms with E-state index in [9.17, 15) is 5.11 Å². The molecule has 0 saturated heterocycles. The minimum Gasteiger partial charge on any atom is -0.390 e. The fourth-order valence-corrected chi connectivity index (χ4v) is 2.44. The third-order valence-electron chi connectivity index (χ3n) is 3.90. The number of aliphatic hydroxyl groups is 1. The zero-order valence-electron chi connectivity index (χ0n) is 14.3.